The van der Waals surface area contributed by atoms with Crippen molar-refractivity contribution in [3.63, 3.8) is 0 Å². The second kappa shape index (κ2) is 16.1. The number of hydrogen-bond acceptors (Lipinski definition) is 5. The van der Waals surface area contributed by atoms with Crippen LogP contribution >= 0.6 is 0 Å². The average Bonchev–Trinajstić information content (AvgIpc) is 2.91. The summed E-state index contributed by atoms with van der Waals surface area (Å²) in [6, 6.07) is 10.8. The summed E-state index contributed by atoms with van der Waals surface area (Å²) in [5.41, 5.74) is 1.54. The molecule has 0 saturated carbocycles. The molecule has 2 aliphatic heterocycles. The zero-order valence-electron chi connectivity index (χ0n) is 23.3. The van der Waals surface area contributed by atoms with Gasteiger partial charge in [0.2, 0.25) is 0 Å². The van der Waals surface area contributed by atoms with Gasteiger partial charge in [-0.25, -0.2) is 0 Å². The van der Waals surface area contributed by atoms with E-state index in [0.717, 1.165) is 84.4 Å². The van der Waals surface area contributed by atoms with E-state index in [4.69, 9.17) is 23.7 Å². The lowest BCUT2D eigenvalue weighted by Crippen LogP contribution is -2.33. The summed E-state index contributed by atoms with van der Waals surface area (Å²) < 4.78 is 29.7. The SMILES string of the molecule is CC(C)(CCCCOCCCCC(C)(COC1CCCCO1)c1ccccc1)COC1CCCCO1. The van der Waals surface area contributed by atoms with Gasteiger partial charge in [0.1, 0.15) is 0 Å². The van der Waals surface area contributed by atoms with Gasteiger partial charge in [-0.05, 0) is 75.2 Å². The molecule has 2 heterocycles. The summed E-state index contributed by atoms with van der Waals surface area (Å²) in [6.45, 7) is 11.8. The van der Waals surface area contributed by atoms with Crippen molar-refractivity contribution in [1.29, 1.82) is 0 Å². The van der Waals surface area contributed by atoms with Crippen LogP contribution in [-0.4, -0.2) is 52.2 Å². The van der Waals surface area contributed by atoms with Crippen LogP contribution in [0.5, 0.6) is 0 Å². The molecule has 0 N–H and O–H groups in total. The van der Waals surface area contributed by atoms with E-state index in [1.54, 1.807) is 0 Å². The van der Waals surface area contributed by atoms with Gasteiger partial charge in [0.15, 0.2) is 12.6 Å². The fraction of sp³-hybridized carbons (Fsp3) is 0.806. The highest BCUT2D eigenvalue weighted by Gasteiger charge is 2.28. The Morgan fingerprint density at radius 2 is 1.31 bits per heavy atom. The number of unbranched alkanes of at least 4 members (excludes halogenated alkanes) is 2. The van der Waals surface area contributed by atoms with Gasteiger partial charge in [-0.3, -0.25) is 0 Å². The van der Waals surface area contributed by atoms with Gasteiger partial charge in [0, 0.05) is 31.8 Å². The quantitative estimate of drug-likeness (QED) is 0.207. The van der Waals surface area contributed by atoms with Gasteiger partial charge in [-0.1, -0.05) is 63.9 Å². The molecule has 3 rings (SSSR count). The third kappa shape index (κ3) is 11.2. The topological polar surface area (TPSA) is 46.2 Å². The van der Waals surface area contributed by atoms with Crippen LogP contribution in [0.2, 0.25) is 0 Å². The van der Waals surface area contributed by atoms with Crippen molar-refractivity contribution in [2.75, 3.05) is 39.6 Å². The largest absolute Gasteiger partial charge is 0.381 e. The van der Waals surface area contributed by atoms with Gasteiger partial charge in [0.05, 0.1) is 13.2 Å². The second-order valence-electron chi connectivity index (χ2n) is 11.8. The Balaban J connectivity index is 1.26. The van der Waals surface area contributed by atoms with E-state index in [1.165, 1.54) is 31.2 Å². The normalized spacial score (nSPS) is 22.9. The van der Waals surface area contributed by atoms with Gasteiger partial charge in [-0.2, -0.15) is 0 Å². The van der Waals surface area contributed by atoms with Crippen molar-refractivity contribution in [2.24, 2.45) is 5.41 Å². The molecule has 0 aliphatic carbocycles. The third-order valence-corrected chi connectivity index (χ3v) is 7.65. The standard InChI is InChI=1S/C31H52O5/c1-30(2,25-35-28-17-7-11-23-33-28)19-9-13-21-32-22-14-10-20-31(3,27-15-5-4-6-16-27)26-36-29-18-8-12-24-34-29/h4-6,15-16,28-29H,7-14,17-26H2,1-3H3. The Morgan fingerprint density at radius 1 is 0.722 bits per heavy atom. The molecule has 2 fully saturated rings. The molecule has 5 nitrogen and oxygen atoms in total. The molecule has 3 atom stereocenters. The molecule has 1 aromatic carbocycles. The number of benzene rings is 1. The van der Waals surface area contributed by atoms with E-state index in [1.807, 2.05) is 0 Å². The molecule has 0 aromatic heterocycles. The zero-order valence-corrected chi connectivity index (χ0v) is 23.3. The lowest BCUT2D eigenvalue weighted by molar-refractivity contribution is -0.176. The van der Waals surface area contributed by atoms with Crippen molar-refractivity contribution < 1.29 is 23.7 Å². The summed E-state index contributed by atoms with van der Waals surface area (Å²) in [7, 11) is 0. The highest BCUT2D eigenvalue weighted by Crippen LogP contribution is 2.31. The molecule has 3 unspecified atom stereocenters. The molecule has 2 saturated heterocycles. The molecular formula is C31H52O5. The van der Waals surface area contributed by atoms with Crippen LogP contribution in [-0.2, 0) is 29.1 Å². The Kier molecular flexibility index (Phi) is 13.2. The van der Waals surface area contributed by atoms with Crippen LogP contribution in [0.25, 0.3) is 0 Å². The zero-order chi connectivity index (χ0) is 25.5. The summed E-state index contributed by atoms with van der Waals surface area (Å²) in [5, 5.41) is 0. The van der Waals surface area contributed by atoms with Crippen molar-refractivity contribution >= 4 is 0 Å². The first-order chi connectivity index (χ1) is 17.5. The first-order valence-corrected chi connectivity index (χ1v) is 14.6. The summed E-state index contributed by atoms with van der Waals surface area (Å²) in [5.74, 6) is 0. The van der Waals surface area contributed by atoms with E-state index < -0.39 is 0 Å². The lowest BCUT2D eigenvalue weighted by Gasteiger charge is -2.33. The van der Waals surface area contributed by atoms with Gasteiger partial charge >= 0.3 is 0 Å². The molecule has 206 valence electrons. The predicted octanol–water partition coefficient (Wildman–Crippen LogP) is 7.41. The Labute approximate surface area is 220 Å². The Bertz CT molecular complexity index is 681. The number of hydrogen-bond donors (Lipinski definition) is 0. The maximum absolute atomic E-state index is 6.23. The maximum Gasteiger partial charge on any atom is 0.157 e. The molecule has 36 heavy (non-hydrogen) atoms. The van der Waals surface area contributed by atoms with Gasteiger partial charge < -0.3 is 23.7 Å². The first kappa shape index (κ1) is 29.6. The minimum absolute atomic E-state index is 0.00160. The molecule has 1 aromatic rings. The van der Waals surface area contributed by atoms with Crippen molar-refractivity contribution in [2.45, 2.75) is 116 Å². The van der Waals surface area contributed by atoms with Crippen molar-refractivity contribution in [1.82, 2.24) is 0 Å². The lowest BCUT2D eigenvalue weighted by atomic mass is 9.79. The molecule has 5 heteroatoms. The second-order valence-corrected chi connectivity index (χ2v) is 11.8. The number of rotatable bonds is 17. The highest BCUT2D eigenvalue weighted by molar-refractivity contribution is 5.24. The minimum atomic E-state index is -0.0396. The van der Waals surface area contributed by atoms with Crippen LogP contribution < -0.4 is 0 Å². The predicted molar refractivity (Wildman–Crippen MR) is 145 cm³/mol. The van der Waals surface area contributed by atoms with E-state index in [-0.39, 0.29) is 23.4 Å². The van der Waals surface area contributed by atoms with Crippen molar-refractivity contribution in [3.8, 4) is 0 Å². The molecule has 0 bridgehead atoms. The highest BCUT2D eigenvalue weighted by atomic mass is 16.7. The molecule has 0 spiro atoms. The molecule has 2 aliphatic rings. The molecule has 0 radical (unpaired) electrons. The number of ether oxygens (including phenoxy) is 5. The van der Waals surface area contributed by atoms with E-state index in [0.29, 0.717) is 6.61 Å². The fourth-order valence-corrected chi connectivity index (χ4v) is 5.12. The van der Waals surface area contributed by atoms with Crippen molar-refractivity contribution in [3.05, 3.63) is 35.9 Å². The van der Waals surface area contributed by atoms with E-state index in [9.17, 15) is 0 Å². The van der Waals surface area contributed by atoms with Gasteiger partial charge in [0.25, 0.3) is 0 Å². The Morgan fingerprint density at radius 3 is 1.89 bits per heavy atom. The first-order valence-electron chi connectivity index (χ1n) is 14.6. The van der Waals surface area contributed by atoms with Crippen LogP contribution in [0.1, 0.15) is 103 Å². The Hall–Kier alpha value is -0.980. The van der Waals surface area contributed by atoms with Gasteiger partial charge in [-0.15, -0.1) is 0 Å². The van der Waals surface area contributed by atoms with Crippen LogP contribution in [0.4, 0.5) is 0 Å². The monoisotopic (exact) mass is 504 g/mol. The summed E-state index contributed by atoms with van der Waals surface area (Å²) >= 11 is 0. The molecular weight excluding hydrogens is 452 g/mol. The van der Waals surface area contributed by atoms with Crippen LogP contribution in [0.3, 0.4) is 0 Å². The van der Waals surface area contributed by atoms with Crippen LogP contribution in [0, 0.1) is 5.41 Å². The maximum atomic E-state index is 6.23. The van der Waals surface area contributed by atoms with E-state index in [2.05, 4.69) is 51.1 Å². The fourth-order valence-electron chi connectivity index (χ4n) is 5.12. The minimum Gasteiger partial charge on any atom is -0.381 e. The summed E-state index contributed by atoms with van der Waals surface area (Å²) in [6.07, 6.45) is 13.5. The average molecular weight is 505 g/mol. The third-order valence-electron chi connectivity index (χ3n) is 7.65. The van der Waals surface area contributed by atoms with Crippen LogP contribution in [0.15, 0.2) is 30.3 Å². The smallest absolute Gasteiger partial charge is 0.157 e. The molecule has 0 amide bonds. The van der Waals surface area contributed by atoms with E-state index >= 15 is 0 Å². The summed E-state index contributed by atoms with van der Waals surface area (Å²) in [4.78, 5) is 0.